The lowest BCUT2D eigenvalue weighted by Crippen LogP contribution is -2.16. The first-order valence-electron chi connectivity index (χ1n) is 6.55. The Bertz CT molecular complexity index is 659. The molecule has 0 bridgehead atoms. The van der Waals surface area contributed by atoms with E-state index in [9.17, 15) is 18.0 Å². The van der Waals surface area contributed by atoms with Gasteiger partial charge in [-0.2, -0.15) is 18.3 Å². The summed E-state index contributed by atoms with van der Waals surface area (Å²) in [4.78, 5) is 12.2. The highest BCUT2D eigenvalue weighted by atomic mass is 19.4. The van der Waals surface area contributed by atoms with Gasteiger partial charge >= 0.3 is 6.18 Å². The lowest BCUT2D eigenvalue weighted by atomic mass is 10.00. The Morgan fingerprint density at radius 1 is 1.29 bits per heavy atom. The summed E-state index contributed by atoms with van der Waals surface area (Å²) in [6, 6.07) is 6.57. The number of hydrogen-bond donors (Lipinski definition) is 0. The first-order valence-corrected chi connectivity index (χ1v) is 6.55. The van der Waals surface area contributed by atoms with E-state index in [1.54, 1.807) is 17.7 Å². The topological polar surface area (TPSA) is 34.9 Å². The number of carbonyl (C=O) groups excluding carboxylic acids is 1. The predicted molar refractivity (Wildman–Crippen MR) is 72.1 cm³/mol. The molecule has 1 aromatic carbocycles. The Hall–Kier alpha value is -2.11. The fraction of sp³-hybridized carbons (Fsp3) is 0.333. The quantitative estimate of drug-likeness (QED) is 0.807. The Labute approximate surface area is 120 Å². The second kappa shape index (κ2) is 5.71. The monoisotopic (exact) mass is 296 g/mol. The zero-order chi connectivity index (χ0) is 15.6. The lowest BCUT2D eigenvalue weighted by molar-refractivity contribution is -0.137. The molecule has 2 aromatic rings. The number of benzene rings is 1. The van der Waals surface area contributed by atoms with Crippen molar-refractivity contribution in [3.8, 4) is 0 Å². The molecule has 0 fully saturated rings. The molecular weight excluding hydrogens is 281 g/mol. The standard InChI is InChI=1S/C15H15F3N2O/c1-3-20-11(8-10(2)19-20)9-14(21)12-6-4-5-7-13(12)15(16,17)18/h4-8H,3,9H2,1-2H3. The smallest absolute Gasteiger partial charge is 0.294 e. The van der Waals surface area contributed by atoms with Gasteiger partial charge in [0.1, 0.15) is 0 Å². The molecule has 0 aliphatic rings. The second-order valence-corrected chi connectivity index (χ2v) is 4.74. The Morgan fingerprint density at radius 3 is 2.57 bits per heavy atom. The molecule has 0 radical (unpaired) electrons. The zero-order valence-corrected chi connectivity index (χ0v) is 11.7. The molecule has 0 aliphatic carbocycles. The SMILES string of the molecule is CCn1nc(C)cc1CC(=O)c1ccccc1C(F)(F)F. The first-order chi connectivity index (χ1) is 9.82. The third kappa shape index (κ3) is 3.32. The van der Waals surface area contributed by atoms with Crippen molar-refractivity contribution in [2.75, 3.05) is 0 Å². The van der Waals surface area contributed by atoms with Crippen molar-refractivity contribution >= 4 is 5.78 Å². The van der Waals surface area contributed by atoms with Crippen LogP contribution < -0.4 is 0 Å². The van der Waals surface area contributed by atoms with Crippen LogP contribution in [0.1, 0.15) is 34.2 Å². The minimum Gasteiger partial charge on any atom is -0.294 e. The highest BCUT2D eigenvalue weighted by molar-refractivity contribution is 5.98. The molecule has 0 saturated heterocycles. The van der Waals surface area contributed by atoms with Gasteiger partial charge in [0.25, 0.3) is 0 Å². The highest BCUT2D eigenvalue weighted by Gasteiger charge is 2.34. The number of ketones is 1. The summed E-state index contributed by atoms with van der Waals surface area (Å²) in [5.74, 6) is -0.558. The molecular formula is C15H15F3N2O. The van der Waals surface area contributed by atoms with Crippen LogP contribution in [-0.2, 0) is 19.1 Å². The number of nitrogens with zero attached hydrogens (tertiary/aromatic N) is 2. The normalized spacial score (nSPS) is 11.7. The van der Waals surface area contributed by atoms with Crippen molar-refractivity contribution < 1.29 is 18.0 Å². The summed E-state index contributed by atoms with van der Waals surface area (Å²) in [5, 5.41) is 4.19. The first kappa shape index (κ1) is 15.3. The van der Waals surface area contributed by atoms with Gasteiger partial charge in [-0.3, -0.25) is 9.48 Å². The molecule has 112 valence electrons. The maximum absolute atomic E-state index is 12.9. The molecule has 6 heteroatoms. The summed E-state index contributed by atoms with van der Waals surface area (Å²) in [5.41, 5.74) is 0.168. The summed E-state index contributed by atoms with van der Waals surface area (Å²) in [6.07, 6.45) is -4.63. The molecule has 3 nitrogen and oxygen atoms in total. The van der Waals surface area contributed by atoms with Gasteiger partial charge in [0.15, 0.2) is 5.78 Å². The van der Waals surface area contributed by atoms with E-state index >= 15 is 0 Å². The van der Waals surface area contributed by atoms with Crippen molar-refractivity contribution in [3.05, 3.63) is 52.8 Å². The van der Waals surface area contributed by atoms with Crippen LogP contribution in [0.25, 0.3) is 0 Å². The minimum atomic E-state index is -4.53. The summed E-state index contributed by atoms with van der Waals surface area (Å²) < 4.78 is 40.4. The average Bonchev–Trinajstić information content (AvgIpc) is 2.77. The maximum Gasteiger partial charge on any atom is 0.417 e. The predicted octanol–water partition coefficient (Wildman–Crippen LogP) is 3.66. The fourth-order valence-corrected chi connectivity index (χ4v) is 2.25. The third-order valence-corrected chi connectivity index (χ3v) is 3.16. The Morgan fingerprint density at radius 2 is 1.95 bits per heavy atom. The molecule has 1 aromatic heterocycles. The van der Waals surface area contributed by atoms with Crippen LogP contribution >= 0.6 is 0 Å². The van der Waals surface area contributed by atoms with Crippen molar-refractivity contribution in [3.63, 3.8) is 0 Å². The summed E-state index contributed by atoms with van der Waals surface area (Å²) >= 11 is 0. The molecule has 0 N–H and O–H groups in total. The molecule has 21 heavy (non-hydrogen) atoms. The number of aryl methyl sites for hydroxylation is 2. The highest BCUT2D eigenvalue weighted by Crippen LogP contribution is 2.32. The van der Waals surface area contributed by atoms with E-state index in [2.05, 4.69) is 5.10 Å². The zero-order valence-electron chi connectivity index (χ0n) is 11.7. The van der Waals surface area contributed by atoms with E-state index in [1.165, 1.54) is 18.2 Å². The van der Waals surface area contributed by atoms with Crippen LogP contribution in [0.15, 0.2) is 30.3 Å². The molecule has 0 atom stereocenters. The maximum atomic E-state index is 12.9. The third-order valence-electron chi connectivity index (χ3n) is 3.16. The average molecular weight is 296 g/mol. The fourth-order valence-electron chi connectivity index (χ4n) is 2.25. The van der Waals surface area contributed by atoms with Crippen LogP contribution in [0.5, 0.6) is 0 Å². The Kier molecular flexibility index (Phi) is 4.16. The molecule has 0 amide bonds. The molecule has 1 heterocycles. The van der Waals surface area contributed by atoms with Crippen LogP contribution in [0.2, 0.25) is 0 Å². The number of Topliss-reactive ketones (excluding diaryl/α,β-unsaturated/α-hetero) is 1. The summed E-state index contributed by atoms with van der Waals surface area (Å²) in [7, 11) is 0. The molecule has 0 aliphatic heterocycles. The van der Waals surface area contributed by atoms with E-state index in [4.69, 9.17) is 0 Å². The van der Waals surface area contributed by atoms with Gasteiger partial charge in [0.2, 0.25) is 0 Å². The van der Waals surface area contributed by atoms with Crippen LogP contribution in [0.3, 0.4) is 0 Å². The van der Waals surface area contributed by atoms with Crippen LogP contribution in [-0.4, -0.2) is 15.6 Å². The van der Waals surface area contributed by atoms with E-state index < -0.39 is 17.5 Å². The lowest BCUT2D eigenvalue weighted by Gasteiger charge is -2.12. The molecule has 0 unspecified atom stereocenters. The number of halogens is 3. The Balaban J connectivity index is 2.33. The van der Waals surface area contributed by atoms with Crippen LogP contribution in [0.4, 0.5) is 13.2 Å². The molecule has 0 spiro atoms. The van der Waals surface area contributed by atoms with Gasteiger partial charge in [-0.25, -0.2) is 0 Å². The van der Waals surface area contributed by atoms with Crippen molar-refractivity contribution in [2.45, 2.75) is 33.0 Å². The number of carbonyl (C=O) groups is 1. The van der Waals surface area contributed by atoms with E-state index in [1.807, 2.05) is 6.92 Å². The largest absolute Gasteiger partial charge is 0.417 e. The van der Waals surface area contributed by atoms with Gasteiger partial charge in [0, 0.05) is 17.8 Å². The summed E-state index contributed by atoms with van der Waals surface area (Å²) in [6.45, 7) is 4.21. The number of aromatic nitrogens is 2. The van der Waals surface area contributed by atoms with E-state index in [-0.39, 0.29) is 12.0 Å². The minimum absolute atomic E-state index is 0.0955. The second-order valence-electron chi connectivity index (χ2n) is 4.74. The number of hydrogen-bond acceptors (Lipinski definition) is 2. The van der Waals surface area contributed by atoms with Gasteiger partial charge in [-0.15, -0.1) is 0 Å². The van der Waals surface area contributed by atoms with Crippen LogP contribution in [0, 0.1) is 6.92 Å². The number of alkyl halides is 3. The van der Waals surface area contributed by atoms with Gasteiger partial charge in [-0.1, -0.05) is 18.2 Å². The van der Waals surface area contributed by atoms with Crippen molar-refractivity contribution in [1.29, 1.82) is 0 Å². The van der Waals surface area contributed by atoms with Crippen molar-refractivity contribution in [2.24, 2.45) is 0 Å². The van der Waals surface area contributed by atoms with Gasteiger partial charge < -0.3 is 0 Å². The van der Waals surface area contributed by atoms with Gasteiger partial charge in [0.05, 0.1) is 17.7 Å². The number of rotatable bonds is 4. The molecule has 0 saturated carbocycles. The van der Waals surface area contributed by atoms with E-state index in [0.29, 0.717) is 12.2 Å². The van der Waals surface area contributed by atoms with Gasteiger partial charge in [-0.05, 0) is 26.0 Å². The van der Waals surface area contributed by atoms with E-state index in [0.717, 1.165) is 11.8 Å². The van der Waals surface area contributed by atoms with Crippen molar-refractivity contribution in [1.82, 2.24) is 9.78 Å². The molecule has 2 rings (SSSR count).